The van der Waals surface area contributed by atoms with E-state index in [1.807, 2.05) is 45.2 Å². The number of likely N-dealkylation sites (tertiary alicyclic amines) is 2. The largest absolute Gasteiger partial charge is 0.511 e. The standard InChI is InChI=1S/C25H34N4O3/c1-3-7-21(30)18-26-14-10-19(11-15-26)24(31)27-16-12-20(13-17-27)29-23-9-6-5-8-22(23)28(4-2)25(29)32/h3,5-9,19-20,30H,1,4,10-18H2,2H3/b21-7-. The number of imidazole rings is 1. The maximum atomic E-state index is 13.1. The van der Waals surface area contributed by atoms with Crippen molar-refractivity contribution in [2.75, 3.05) is 32.7 Å². The van der Waals surface area contributed by atoms with Crippen LogP contribution in [0.5, 0.6) is 0 Å². The van der Waals surface area contributed by atoms with Gasteiger partial charge in [-0.3, -0.25) is 18.8 Å². The molecule has 0 unspecified atom stereocenters. The normalized spacial score (nSPS) is 19.5. The Labute approximate surface area is 189 Å². The lowest BCUT2D eigenvalue weighted by atomic mass is 9.93. The average molecular weight is 439 g/mol. The Balaban J connectivity index is 1.36. The number of aromatic nitrogens is 2. The van der Waals surface area contributed by atoms with Gasteiger partial charge in [0.1, 0.15) is 5.76 Å². The number of aliphatic hydroxyl groups is 1. The van der Waals surface area contributed by atoms with E-state index in [9.17, 15) is 14.7 Å². The molecule has 2 fully saturated rings. The van der Waals surface area contributed by atoms with E-state index >= 15 is 0 Å². The summed E-state index contributed by atoms with van der Waals surface area (Å²) in [6.07, 6.45) is 6.46. The summed E-state index contributed by atoms with van der Waals surface area (Å²) >= 11 is 0. The van der Waals surface area contributed by atoms with Crippen molar-refractivity contribution in [3.05, 3.63) is 59.2 Å². The smallest absolute Gasteiger partial charge is 0.329 e. The summed E-state index contributed by atoms with van der Waals surface area (Å²) in [7, 11) is 0. The van der Waals surface area contributed by atoms with Crippen molar-refractivity contribution in [1.82, 2.24) is 18.9 Å². The molecular formula is C25H34N4O3. The molecule has 172 valence electrons. The van der Waals surface area contributed by atoms with Gasteiger partial charge in [-0.05, 0) is 63.9 Å². The molecule has 0 aliphatic carbocycles. The van der Waals surface area contributed by atoms with Gasteiger partial charge in [0.05, 0.1) is 17.6 Å². The summed E-state index contributed by atoms with van der Waals surface area (Å²) in [6, 6.07) is 8.12. The zero-order valence-corrected chi connectivity index (χ0v) is 18.9. The fourth-order valence-electron chi connectivity index (χ4n) is 5.25. The number of amides is 1. The molecule has 1 aromatic heterocycles. The van der Waals surface area contributed by atoms with Gasteiger partial charge in [-0.15, -0.1) is 0 Å². The van der Waals surface area contributed by atoms with E-state index in [-0.39, 0.29) is 23.6 Å². The fraction of sp³-hybridized carbons (Fsp3) is 0.520. The molecule has 0 saturated carbocycles. The number of fused-ring (bicyclic) bond motifs is 1. The third-order valence-corrected chi connectivity index (χ3v) is 6.96. The van der Waals surface area contributed by atoms with Crippen LogP contribution in [-0.4, -0.2) is 62.7 Å². The number of allylic oxidation sites excluding steroid dienone is 2. The van der Waals surface area contributed by atoms with E-state index < -0.39 is 0 Å². The van der Waals surface area contributed by atoms with E-state index in [4.69, 9.17) is 0 Å². The van der Waals surface area contributed by atoms with Gasteiger partial charge in [0.15, 0.2) is 0 Å². The molecule has 1 N–H and O–H groups in total. The third kappa shape index (κ3) is 4.39. The number of benzene rings is 1. The highest BCUT2D eigenvalue weighted by molar-refractivity contribution is 5.79. The number of hydrogen-bond donors (Lipinski definition) is 1. The second-order valence-electron chi connectivity index (χ2n) is 8.89. The van der Waals surface area contributed by atoms with Crippen molar-refractivity contribution in [1.29, 1.82) is 0 Å². The second-order valence-corrected chi connectivity index (χ2v) is 8.89. The number of carbonyl (C=O) groups excluding carboxylic acids is 1. The van der Waals surface area contributed by atoms with Crippen molar-refractivity contribution >= 4 is 16.9 Å². The molecular weight excluding hydrogens is 404 g/mol. The Morgan fingerprint density at radius 1 is 1.09 bits per heavy atom. The van der Waals surface area contributed by atoms with Crippen LogP contribution in [0.15, 0.2) is 53.6 Å². The summed E-state index contributed by atoms with van der Waals surface area (Å²) in [6.45, 7) is 9.80. The highest BCUT2D eigenvalue weighted by Crippen LogP contribution is 2.28. The zero-order chi connectivity index (χ0) is 22.7. The predicted octanol–water partition coefficient (Wildman–Crippen LogP) is 3.33. The number of nitrogens with zero attached hydrogens (tertiary/aromatic N) is 4. The zero-order valence-electron chi connectivity index (χ0n) is 18.9. The Kier molecular flexibility index (Phi) is 6.84. The van der Waals surface area contributed by atoms with Crippen LogP contribution >= 0.6 is 0 Å². The molecule has 32 heavy (non-hydrogen) atoms. The highest BCUT2D eigenvalue weighted by atomic mass is 16.3. The number of aryl methyl sites for hydroxylation is 1. The van der Waals surface area contributed by atoms with Gasteiger partial charge in [-0.2, -0.15) is 0 Å². The summed E-state index contributed by atoms with van der Waals surface area (Å²) in [5.41, 5.74) is 2.03. The number of hydrogen-bond acceptors (Lipinski definition) is 4. The number of carbonyl (C=O) groups is 1. The van der Waals surface area contributed by atoms with Gasteiger partial charge < -0.3 is 10.0 Å². The van der Waals surface area contributed by atoms with Crippen LogP contribution in [-0.2, 0) is 11.3 Å². The minimum Gasteiger partial charge on any atom is -0.511 e. The van der Waals surface area contributed by atoms with Gasteiger partial charge in [-0.25, -0.2) is 4.79 Å². The fourth-order valence-corrected chi connectivity index (χ4v) is 5.25. The predicted molar refractivity (Wildman–Crippen MR) is 127 cm³/mol. The van der Waals surface area contributed by atoms with Crippen LogP contribution in [0.25, 0.3) is 11.0 Å². The number of rotatable bonds is 6. The van der Waals surface area contributed by atoms with Crippen LogP contribution in [0.2, 0.25) is 0 Å². The Hall–Kier alpha value is -2.80. The SMILES string of the molecule is C=C/C=C(\O)CN1CCC(C(=O)N2CCC(n3c(=O)n(CC)c4ccccc43)CC2)CC1. The van der Waals surface area contributed by atoms with Gasteiger partial charge in [0, 0.05) is 31.6 Å². The van der Waals surface area contributed by atoms with Crippen molar-refractivity contribution in [3.8, 4) is 0 Å². The molecule has 4 rings (SSSR count). The Morgan fingerprint density at radius 3 is 2.38 bits per heavy atom. The van der Waals surface area contributed by atoms with Crippen LogP contribution in [0.4, 0.5) is 0 Å². The summed E-state index contributed by atoms with van der Waals surface area (Å²) in [5, 5.41) is 9.85. The first-order valence-corrected chi connectivity index (χ1v) is 11.7. The van der Waals surface area contributed by atoms with Crippen molar-refractivity contribution in [2.45, 2.75) is 45.2 Å². The first-order valence-electron chi connectivity index (χ1n) is 11.7. The van der Waals surface area contributed by atoms with Gasteiger partial charge in [-0.1, -0.05) is 24.8 Å². The quantitative estimate of drug-likeness (QED) is 0.555. The maximum Gasteiger partial charge on any atom is 0.329 e. The van der Waals surface area contributed by atoms with Crippen LogP contribution < -0.4 is 5.69 Å². The lowest BCUT2D eigenvalue weighted by Crippen LogP contribution is -2.46. The number of piperidine rings is 2. The van der Waals surface area contributed by atoms with Gasteiger partial charge in [0.25, 0.3) is 0 Å². The second kappa shape index (κ2) is 9.77. The summed E-state index contributed by atoms with van der Waals surface area (Å²) < 4.78 is 3.78. The molecule has 0 radical (unpaired) electrons. The Bertz CT molecular complexity index is 1050. The summed E-state index contributed by atoms with van der Waals surface area (Å²) in [4.78, 5) is 30.3. The van der Waals surface area contributed by atoms with Crippen LogP contribution in [0.3, 0.4) is 0 Å². The topological polar surface area (TPSA) is 70.7 Å². The maximum absolute atomic E-state index is 13.1. The number of aliphatic hydroxyl groups excluding tert-OH is 1. The van der Waals surface area contributed by atoms with Crippen molar-refractivity contribution < 1.29 is 9.90 Å². The molecule has 2 aliphatic heterocycles. The molecule has 1 amide bonds. The minimum absolute atomic E-state index is 0.0538. The number of para-hydroxylation sites is 2. The first kappa shape index (κ1) is 22.4. The lowest BCUT2D eigenvalue weighted by molar-refractivity contribution is -0.138. The van der Waals surface area contributed by atoms with E-state index in [1.165, 1.54) is 0 Å². The van der Waals surface area contributed by atoms with E-state index in [0.717, 1.165) is 49.8 Å². The van der Waals surface area contributed by atoms with E-state index in [0.29, 0.717) is 31.9 Å². The van der Waals surface area contributed by atoms with Gasteiger partial charge >= 0.3 is 5.69 Å². The molecule has 7 heteroatoms. The van der Waals surface area contributed by atoms with E-state index in [2.05, 4.69) is 11.5 Å². The molecule has 2 aromatic rings. The van der Waals surface area contributed by atoms with Crippen LogP contribution in [0.1, 0.15) is 38.6 Å². The molecule has 3 heterocycles. The van der Waals surface area contributed by atoms with Crippen LogP contribution in [0, 0.1) is 5.92 Å². The van der Waals surface area contributed by atoms with Crippen molar-refractivity contribution in [2.24, 2.45) is 5.92 Å². The van der Waals surface area contributed by atoms with E-state index in [1.54, 1.807) is 12.2 Å². The monoisotopic (exact) mass is 438 g/mol. The molecule has 1 aromatic carbocycles. The Morgan fingerprint density at radius 2 is 1.75 bits per heavy atom. The molecule has 2 saturated heterocycles. The molecule has 0 atom stereocenters. The minimum atomic E-state index is 0.0538. The molecule has 0 bridgehead atoms. The third-order valence-electron chi connectivity index (χ3n) is 6.96. The van der Waals surface area contributed by atoms with Crippen molar-refractivity contribution in [3.63, 3.8) is 0 Å². The average Bonchev–Trinajstić information content (AvgIpc) is 3.10. The highest BCUT2D eigenvalue weighted by Gasteiger charge is 2.32. The molecule has 0 spiro atoms. The molecule has 2 aliphatic rings. The molecule has 7 nitrogen and oxygen atoms in total. The first-order chi connectivity index (χ1) is 15.5. The lowest BCUT2D eigenvalue weighted by Gasteiger charge is -2.37. The van der Waals surface area contributed by atoms with Gasteiger partial charge in [0.2, 0.25) is 5.91 Å². The summed E-state index contributed by atoms with van der Waals surface area (Å²) in [5.74, 6) is 0.613.